The van der Waals surface area contributed by atoms with Crippen LogP contribution in [0.15, 0.2) is 30.3 Å². The number of hydrogen-bond donors (Lipinski definition) is 2. The largest absolute Gasteiger partial charge is 0.480 e. The number of hydrogen-bond acceptors (Lipinski definition) is 3. The van der Waals surface area contributed by atoms with Crippen molar-refractivity contribution in [3.8, 4) is 0 Å². The van der Waals surface area contributed by atoms with Gasteiger partial charge in [0.2, 0.25) is 0 Å². The molecule has 19 heavy (non-hydrogen) atoms. The highest BCUT2D eigenvalue weighted by Gasteiger charge is 2.40. The molecule has 6 heteroatoms. The van der Waals surface area contributed by atoms with Gasteiger partial charge in [0.1, 0.15) is 6.04 Å². The first-order valence-electron chi connectivity index (χ1n) is 6.01. The van der Waals surface area contributed by atoms with E-state index in [-0.39, 0.29) is 13.0 Å². The van der Waals surface area contributed by atoms with Crippen LogP contribution in [0.4, 0.5) is 10.5 Å². The molecule has 0 spiro atoms. The first kappa shape index (κ1) is 13.4. The van der Waals surface area contributed by atoms with Crippen LogP contribution in [0, 0.1) is 0 Å². The van der Waals surface area contributed by atoms with Gasteiger partial charge in [0.15, 0.2) is 0 Å². The number of nitrogens with zero attached hydrogens (tertiary/aromatic N) is 2. The third-order valence-corrected chi connectivity index (χ3v) is 3.24. The summed E-state index contributed by atoms with van der Waals surface area (Å²) in [5.74, 6) is -1.09. The number of likely N-dealkylation sites (tertiary alicyclic amines) is 1. The highest BCUT2D eigenvalue weighted by atomic mass is 16.4. The fourth-order valence-electron chi connectivity index (χ4n) is 2.21. The summed E-state index contributed by atoms with van der Waals surface area (Å²) in [4.78, 5) is 26.0. The second-order valence-electron chi connectivity index (χ2n) is 4.57. The van der Waals surface area contributed by atoms with Crippen molar-refractivity contribution in [1.29, 1.82) is 0 Å². The summed E-state index contributed by atoms with van der Waals surface area (Å²) < 4.78 is 0. The van der Waals surface area contributed by atoms with Crippen molar-refractivity contribution < 1.29 is 19.8 Å². The highest BCUT2D eigenvalue weighted by Crippen LogP contribution is 2.22. The van der Waals surface area contributed by atoms with Gasteiger partial charge in [-0.1, -0.05) is 18.2 Å². The molecule has 0 aliphatic carbocycles. The van der Waals surface area contributed by atoms with E-state index < -0.39 is 24.1 Å². The number of urea groups is 1. The fraction of sp³-hybridized carbons (Fsp3) is 0.385. The van der Waals surface area contributed by atoms with Gasteiger partial charge in [0, 0.05) is 25.7 Å². The third kappa shape index (κ3) is 2.68. The first-order valence-corrected chi connectivity index (χ1v) is 6.01. The molecule has 1 fully saturated rings. The van der Waals surface area contributed by atoms with Crippen LogP contribution in [-0.2, 0) is 4.79 Å². The van der Waals surface area contributed by atoms with E-state index in [9.17, 15) is 14.7 Å². The fourth-order valence-corrected chi connectivity index (χ4v) is 2.21. The normalized spacial score (nSPS) is 22.3. The molecule has 6 nitrogen and oxygen atoms in total. The van der Waals surface area contributed by atoms with Gasteiger partial charge in [0.05, 0.1) is 6.10 Å². The molecule has 0 saturated carbocycles. The summed E-state index contributed by atoms with van der Waals surface area (Å²) in [6, 6.07) is 7.57. The van der Waals surface area contributed by atoms with E-state index in [1.165, 1.54) is 9.80 Å². The Balaban J connectivity index is 2.17. The molecule has 2 atom stereocenters. The molecule has 2 amide bonds. The van der Waals surface area contributed by atoms with Crippen LogP contribution in [-0.4, -0.2) is 52.9 Å². The summed E-state index contributed by atoms with van der Waals surface area (Å²) >= 11 is 0. The maximum Gasteiger partial charge on any atom is 0.326 e. The number of benzene rings is 1. The molecular formula is C13H16N2O4. The molecule has 0 aromatic heterocycles. The topological polar surface area (TPSA) is 81.1 Å². The molecule has 1 saturated heterocycles. The number of aliphatic hydroxyl groups excluding tert-OH is 1. The van der Waals surface area contributed by atoms with E-state index in [0.717, 1.165) is 0 Å². The Hall–Kier alpha value is -2.08. The standard InChI is InChI=1S/C13H16N2O4/c1-14(9-5-3-2-4-6-9)13(19)15-8-10(16)7-11(15)12(17)18/h2-6,10-11,16H,7-8H2,1H3,(H,17,18)/t10-,11+/m1/s1. The minimum Gasteiger partial charge on any atom is -0.480 e. The summed E-state index contributed by atoms with van der Waals surface area (Å²) in [7, 11) is 1.58. The lowest BCUT2D eigenvalue weighted by Crippen LogP contribution is -2.47. The maximum absolute atomic E-state index is 12.3. The molecule has 102 valence electrons. The molecule has 0 unspecified atom stereocenters. The molecule has 2 N–H and O–H groups in total. The van der Waals surface area contributed by atoms with E-state index in [0.29, 0.717) is 5.69 Å². The van der Waals surface area contributed by atoms with Crippen LogP contribution in [0.25, 0.3) is 0 Å². The number of carboxylic acid groups (broad SMARTS) is 1. The maximum atomic E-state index is 12.3. The molecule has 1 heterocycles. The number of carbonyl (C=O) groups is 2. The summed E-state index contributed by atoms with van der Waals surface area (Å²) in [6.45, 7) is 0.0486. The van der Waals surface area contributed by atoms with Crippen molar-refractivity contribution in [1.82, 2.24) is 4.90 Å². The Morgan fingerprint density at radius 3 is 2.53 bits per heavy atom. The van der Waals surface area contributed by atoms with Crippen LogP contribution in [0.5, 0.6) is 0 Å². The molecule has 1 aliphatic rings. The van der Waals surface area contributed by atoms with Gasteiger partial charge in [-0.05, 0) is 12.1 Å². The van der Waals surface area contributed by atoms with Gasteiger partial charge in [-0.3, -0.25) is 4.90 Å². The first-order chi connectivity index (χ1) is 9.00. The van der Waals surface area contributed by atoms with E-state index in [1.807, 2.05) is 6.07 Å². The van der Waals surface area contributed by atoms with Gasteiger partial charge in [-0.25, -0.2) is 9.59 Å². The van der Waals surface area contributed by atoms with Gasteiger partial charge in [0.25, 0.3) is 0 Å². The van der Waals surface area contributed by atoms with Crippen molar-refractivity contribution in [3.63, 3.8) is 0 Å². The Morgan fingerprint density at radius 2 is 1.95 bits per heavy atom. The lowest BCUT2D eigenvalue weighted by atomic mass is 10.2. The number of amides is 2. The number of carboxylic acids is 1. The minimum atomic E-state index is -1.09. The highest BCUT2D eigenvalue weighted by molar-refractivity contribution is 5.94. The van der Waals surface area contributed by atoms with Crippen molar-refractivity contribution in [3.05, 3.63) is 30.3 Å². The zero-order chi connectivity index (χ0) is 14.0. The lowest BCUT2D eigenvalue weighted by Gasteiger charge is -2.27. The van der Waals surface area contributed by atoms with Crippen molar-refractivity contribution >= 4 is 17.7 Å². The second kappa shape index (κ2) is 5.27. The van der Waals surface area contributed by atoms with Crippen LogP contribution in [0.1, 0.15) is 6.42 Å². The molecule has 2 rings (SSSR count). The molecule has 1 aromatic carbocycles. The minimum absolute atomic E-state index is 0.0486. The monoisotopic (exact) mass is 264 g/mol. The number of para-hydroxylation sites is 1. The predicted octanol–water partition coefficient (Wildman–Crippen LogP) is 0.763. The Labute approximate surface area is 110 Å². The summed E-state index contributed by atoms with van der Waals surface area (Å²) in [6.07, 6.45) is -0.710. The Kier molecular flexibility index (Phi) is 3.71. The van der Waals surface area contributed by atoms with Crippen molar-refractivity contribution in [2.45, 2.75) is 18.6 Å². The quantitative estimate of drug-likeness (QED) is 0.826. The van der Waals surface area contributed by atoms with Crippen molar-refractivity contribution in [2.75, 3.05) is 18.5 Å². The average Bonchev–Trinajstić information content (AvgIpc) is 2.80. The van der Waals surface area contributed by atoms with E-state index in [1.54, 1.807) is 31.3 Å². The second-order valence-corrected chi connectivity index (χ2v) is 4.57. The average molecular weight is 264 g/mol. The third-order valence-electron chi connectivity index (χ3n) is 3.24. The number of aliphatic carboxylic acids is 1. The van der Waals surface area contributed by atoms with Crippen LogP contribution >= 0.6 is 0 Å². The molecule has 1 aliphatic heterocycles. The number of rotatable bonds is 2. The van der Waals surface area contributed by atoms with E-state index in [2.05, 4.69) is 0 Å². The van der Waals surface area contributed by atoms with Gasteiger partial charge in [-0.15, -0.1) is 0 Å². The SMILES string of the molecule is CN(C(=O)N1C[C@H](O)C[C@H]1C(=O)O)c1ccccc1. The lowest BCUT2D eigenvalue weighted by molar-refractivity contribution is -0.141. The molecule has 0 radical (unpaired) electrons. The Bertz CT molecular complexity index is 477. The number of aliphatic hydroxyl groups is 1. The zero-order valence-electron chi connectivity index (χ0n) is 10.6. The number of anilines is 1. The number of carbonyl (C=O) groups excluding carboxylic acids is 1. The van der Waals surface area contributed by atoms with Crippen LogP contribution < -0.4 is 4.90 Å². The van der Waals surface area contributed by atoms with Crippen LogP contribution in [0.2, 0.25) is 0 Å². The number of β-amino-alcohol motifs (C(OH)–C–C–N with tert-alkyl or cyclic N) is 1. The van der Waals surface area contributed by atoms with Gasteiger partial charge < -0.3 is 15.1 Å². The summed E-state index contributed by atoms with van der Waals surface area (Å²) in [5, 5.41) is 18.6. The zero-order valence-corrected chi connectivity index (χ0v) is 10.6. The smallest absolute Gasteiger partial charge is 0.326 e. The Morgan fingerprint density at radius 1 is 1.32 bits per heavy atom. The van der Waals surface area contributed by atoms with E-state index >= 15 is 0 Å². The molecule has 1 aromatic rings. The molecule has 0 bridgehead atoms. The van der Waals surface area contributed by atoms with E-state index in [4.69, 9.17) is 5.11 Å². The molecular weight excluding hydrogens is 248 g/mol. The van der Waals surface area contributed by atoms with Crippen LogP contribution in [0.3, 0.4) is 0 Å². The van der Waals surface area contributed by atoms with Crippen molar-refractivity contribution in [2.24, 2.45) is 0 Å². The predicted molar refractivity (Wildman–Crippen MR) is 69.0 cm³/mol. The van der Waals surface area contributed by atoms with Gasteiger partial charge >= 0.3 is 12.0 Å². The van der Waals surface area contributed by atoms with Gasteiger partial charge in [-0.2, -0.15) is 0 Å². The summed E-state index contributed by atoms with van der Waals surface area (Å²) in [5.41, 5.74) is 0.679.